The molecule has 108 valence electrons. The van der Waals surface area contributed by atoms with Crippen molar-refractivity contribution in [3.05, 3.63) is 35.9 Å². The van der Waals surface area contributed by atoms with E-state index in [0.29, 0.717) is 6.54 Å². The van der Waals surface area contributed by atoms with E-state index in [4.69, 9.17) is 0 Å². The van der Waals surface area contributed by atoms with Gasteiger partial charge in [-0.25, -0.2) is 0 Å². The summed E-state index contributed by atoms with van der Waals surface area (Å²) in [4.78, 5) is 0. The van der Waals surface area contributed by atoms with Crippen molar-refractivity contribution in [2.75, 3.05) is 13.6 Å². The molecule has 0 aliphatic carbocycles. The molecule has 0 aliphatic heterocycles. The second kappa shape index (κ2) is 15.0. The van der Waals surface area contributed by atoms with E-state index in [2.05, 4.69) is 5.32 Å². The molecule has 1 aromatic rings. The predicted molar refractivity (Wildman–Crippen MR) is 78.9 cm³/mol. The molecular formula is C10H19Cl4NOPd. The molecule has 1 rings (SSSR count). The molecule has 17 heavy (non-hydrogen) atoms. The molecule has 0 heterocycles. The maximum absolute atomic E-state index is 9.92. The van der Waals surface area contributed by atoms with Gasteiger partial charge >= 0.3 is 0 Å². The van der Waals surface area contributed by atoms with Crippen LogP contribution < -0.4 is 5.32 Å². The fourth-order valence-corrected chi connectivity index (χ4v) is 1.24. The van der Waals surface area contributed by atoms with Gasteiger partial charge in [-0.3, -0.25) is 0 Å². The molecule has 1 atom stereocenters. The Labute approximate surface area is 142 Å². The first-order valence-corrected chi connectivity index (χ1v) is 4.09. The fraction of sp³-hybridized carbons (Fsp3) is 0.400. The molecule has 0 spiro atoms. The number of nitrogens with one attached hydrogen (secondary N) is 1. The van der Waals surface area contributed by atoms with Gasteiger partial charge in [0.25, 0.3) is 0 Å². The van der Waals surface area contributed by atoms with Gasteiger partial charge in [0.05, 0.1) is 5.60 Å². The summed E-state index contributed by atoms with van der Waals surface area (Å²) in [6.07, 6.45) is 0. The minimum Gasteiger partial charge on any atom is -0.384 e. The largest absolute Gasteiger partial charge is 0.384 e. The Balaban J connectivity index is -0.0000000960. The maximum Gasteiger partial charge on any atom is 0.0992 e. The SMILES string of the molecule is CNCC(C)(O)c1ccccc1.Cl.Cl.Cl.Cl.[Pd]. The Bertz CT molecular complexity index is 249. The van der Waals surface area contributed by atoms with Crippen LogP contribution in [0, 0.1) is 0 Å². The van der Waals surface area contributed by atoms with E-state index in [9.17, 15) is 5.11 Å². The van der Waals surface area contributed by atoms with E-state index < -0.39 is 5.60 Å². The molecule has 1 aromatic carbocycles. The topological polar surface area (TPSA) is 32.3 Å². The Kier molecular flexibility index (Phi) is 27.2. The monoisotopic (exact) mass is 415 g/mol. The van der Waals surface area contributed by atoms with Gasteiger partial charge in [-0.1, -0.05) is 30.3 Å². The second-order valence-corrected chi connectivity index (χ2v) is 3.17. The average Bonchev–Trinajstić information content (AvgIpc) is 2.06. The number of halogens is 4. The van der Waals surface area contributed by atoms with Gasteiger partial charge in [0, 0.05) is 27.0 Å². The minimum absolute atomic E-state index is 0. The van der Waals surface area contributed by atoms with E-state index in [1.54, 1.807) is 6.92 Å². The van der Waals surface area contributed by atoms with Crippen molar-refractivity contribution in [1.82, 2.24) is 5.32 Å². The quantitative estimate of drug-likeness (QED) is 0.742. The number of benzene rings is 1. The van der Waals surface area contributed by atoms with Crippen LogP contribution in [-0.2, 0) is 26.0 Å². The molecule has 0 radical (unpaired) electrons. The van der Waals surface area contributed by atoms with Crippen LogP contribution in [0.5, 0.6) is 0 Å². The summed E-state index contributed by atoms with van der Waals surface area (Å²) < 4.78 is 0. The molecule has 0 saturated carbocycles. The number of aliphatic hydroxyl groups is 1. The molecule has 7 heteroatoms. The van der Waals surface area contributed by atoms with Crippen LogP contribution in [0.15, 0.2) is 30.3 Å². The fourth-order valence-electron chi connectivity index (χ4n) is 1.24. The van der Waals surface area contributed by atoms with Crippen LogP contribution in [0.25, 0.3) is 0 Å². The van der Waals surface area contributed by atoms with Crippen molar-refractivity contribution in [2.45, 2.75) is 12.5 Å². The third kappa shape index (κ3) is 10.6. The first-order valence-electron chi connectivity index (χ1n) is 4.09. The third-order valence-electron chi connectivity index (χ3n) is 1.92. The summed E-state index contributed by atoms with van der Waals surface area (Å²) in [6.45, 7) is 2.37. The molecule has 0 aromatic heterocycles. The summed E-state index contributed by atoms with van der Waals surface area (Å²) in [7, 11) is 1.83. The van der Waals surface area contributed by atoms with E-state index in [1.165, 1.54) is 0 Å². The summed E-state index contributed by atoms with van der Waals surface area (Å²) in [5.41, 5.74) is 0.176. The Morgan fingerprint density at radius 1 is 1.06 bits per heavy atom. The van der Waals surface area contributed by atoms with Crippen molar-refractivity contribution in [2.24, 2.45) is 0 Å². The van der Waals surface area contributed by atoms with Gasteiger partial charge in [0.15, 0.2) is 0 Å². The molecule has 0 amide bonds. The second-order valence-electron chi connectivity index (χ2n) is 3.17. The van der Waals surface area contributed by atoms with E-state index >= 15 is 0 Å². The van der Waals surface area contributed by atoms with Gasteiger partial charge in [-0.05, 0) is 19.5 Å². The Hall–Kier alpha value is 0.962. The van der Waals surface area contributed by atoms with E-state index in [1.807, 2.05) is 37.4 Å². The van der Waals surface area contributed by atoms with Crippen LogP contribution in [0.4, 0.5) is 0 Å². The van der Waals surface area contributed by atoms with E-state index in [0.717, 1.165) is 5.56 Å². The number of likely N-dealkylation sites (N-methyl/N-ethyl adjacent to an activating group) is 1. The van der Waals surface area contributed by atoms with Gasteiger partial charge in [0.2, 0.25) is 0 Å². The zero-order valence-electron chi connectivity index (χ0n) is 9.49. The standard InChI is InChI=1S/C10H15NO.4ClH.Pd/c1-10(12,8-11-2)9-6-4-3-5-7-9;;;;;/h3-7,11-12H,8H2,1-2H3;4*1H;. The van der Waals surface area contributed by atoms with Crippen molar-refractivity contribution < 1.29 is 25.5 Å². The molecule has 2 nitrogen and oxygen atoms in total. The van der Waals surface area contributed by atoms with Crippen molar-refractivity contribution >= 4 is 49.6 Å². The van der Waals surface area contributed by atoms with Crippen LogP contribution >= 0.6 is 49.6 Å². The molecular weight excluding hydrogens is 398 g/mol. The van der Waals surface area contributed by atoms with Crippen LogP contribution in [0.1, 0.15) is 12.5 Å². The Morgan fingerprint density at radius 3 is 1.82 bits per heavy atom. The molecule has 0 aliphatic rings. The normalized spacial score (nSPS) is 11.0. The van der Waals surface area contributed by atoms with E-state index in [-0.39, 0.29) is 70.1 Å². The smallest absolute Gasteiger partial charge is 0.0992 e. The summed E-state index contributed by atoms with van der Waals surface area (Å²) in [5.74, 6) is 0. The molecule has 2 N–H and O–H groups in total. The third-order valence-corrected chi connectivity index (χ3v) is 1.92. The zero-order valence-corrected chi connectivity index (χ0v) is 14.3. The molecule has 0 saturated heterocycles. The van der Waals surface area contributed by atoms with Crippen molar-refractivity contribution in [1.29, 1.82) is 0 Å². The van der Waals surface area contributed by atoms with Crippen molar-refractivity contribution in [3.63, 3.8) is 0 Å². The molecule has 0 fully saturated rings. The number of rotatable bonds is 3. The summed E-state index contributed by atoms with van der Waals surface area (Å²) in [5, 5.41) is 12.9. The molecule has 0 bridgehead atoms. The summed E-state index contributed by atoms with van der Waals surface area (Å²) in [6, 6.07) is 9.66. The Morgan fingerprint density at radius 2 is 1.47 bits per heavy atom. The van der Waals surface area contributed by atoms with Crippen LogP contribution in [0.2, 0.25) is 0 Å². The van der Waals surface area contributed by atoms with Gasteiger partial charge < -0.3 is 10.4 Å². The minimum atomic E-state index is -0.768. The summed E-state index contributed by atoms with van der Waals surface area (Å²) >= 11 is 0. The van der Waals surface area contributed by atoms with Crippen LogP contribution in [-0.4, -0.2) is 18.7 Å². The van der Waals surface area contributed by atoms with Gasteiger partial charge in [0.1, 0.15) is 0 Å². The van der Waals surface area contributed by atoms with Crippen LogP contribution in [0.3, 0.4) is 0 Å². The van der Waals surface area contributed by atoms with Gasteiger partial charge in [-0.15, -0.1) is 49.6 Å². The predicted octanol–water partition coefficient (Wildman–Crippen LogP) is 2.80. The first kappa shape index (κ1) is 30.8. The van der Waals surface area contributed by atoms with Crippen molar-refractivity contribution in [3.8, 4) is 0 Å². The van der Waals surface area contributed by atoms with Gasteiger partial charge in [-0.2, -0.15) is 0 Å². The maximum atomic E-state index is 9.92. The number of hydrogen-bond donors (Lipinski definition) is 2. The zero-order chi connectivity index (χ0) is 9.03. The number of hydrogen-bond acceptors (Lipinski definition) is 2. The first-order chi connectivity index (χ1) is 5.67. The average molecular weight is 418 g/mol. The molecule has 1 unspecified atom stereocenters.